The van der Waals surface area contributed by atoms with E-state index < -0.39 is 5.54 Å². The Balaban J connectivity index is 3.00. The van der Waals surface area contributed by atoms with Crippen LogP contribution in [0.1, 0.15) is 25.8 Å². The maximum Gasteiger partial charge on any atom is 0.332 e. The smallest absolute Gasteiger partial charge is 0.332 e. The number of hydrogen-bond acceptors (Lipinski definition) is 4. The lowest BCUT2D eigenvalue weighted by molar-refractivity contribution is -0.150. The van der Waals surface area contributed by atoms with E-state index in [0.717, 1.165) is 18.5 Å². The maximum absolute atomic E-state index is 12.2. The number of rotatable bonds is 7. The Morgan fingerprint density at radius 2 is 1.95 bits per heavy atom. The van der Waals surface area contributed by atoms with E-state index >= 15 is 0 Å². The molecular weight excluding hydrogens is 240 g/mol. The Hall–Kier alpha value is -1.39. The Kier molecular flexibility index (Phi) is 5.99. The molecule has 0 saturated carbocycles. The van der Waals surface area contributed by atoms with Gasteiger partial charge in [-0.05, 0) is 32.5 Å². The van der Waals surface area contributed by atoms with Crippen LogP contribution in [0.4, 0.5) is 0 Å². The predicted octanol–water partition coefficient (Wildman–Crippen LogP) is 1.75. The fourth-order valence-corrected chi connectivity index (χ4v) is 2.16. The van der Waals surface area contributed by atoms with Crippen molar-refractivity contribution in [2.45, 2.75) is 25.8 Å². The van der Waals surface area contributed by atoms with Crippen LogP contribution < -0.4 is 5.73 Å². The zero-order valence-corrected chi connectivity index (χ0v) is 12.1. The number of esters is 1. The van der Waals surface area contributed by atoms with E-state index in [9.17, 15) is 4.79 Å². The van der Waals surface area contributed by atoms with E-state index in [4.69, 9.17) is 10.5 Å². The molecule has 19 heavy (non-hydrogen) atoms. The number of carbonyl (C=O) groups is 1. The minimum atomic E-state index is -1.11. The van der Waals surface area contributed by atoms with Crippen LogP contribution in [0.3, 0.4) is 0 Å². The second-order valence-electron chi connectivity index (χ2n) is 4.80. The molecule has 0 aliphatic rings. The summed E-state index contributed by atoms with van der Waals surface area (Å²) in [6, 6.07) is 9.42. The van der Waals surface area contributed by atoms with Gasteiger partial charge in [0.15, 0.2) is 5.54 Å². The van der Waals surface area contributed by atoms with Gasteiger partial charge in [-0.2, -0.15) is 0 Å². The van der Waals surface area contributed by atoms with Gasteiger partial charge in [-0.25, -0.2) is 4.79 Å². The summed E-state index contributed by atoms with van der Waals surface area (Å²) < 4.78 is 5.15. The highest BCUT2D eigenvalue weighted by molar-refractivity contribution is 5.82. The van der Waals surface area contributed by atoms with Crippen molar-refractivity contribution in [1.82, 2.24) is 4.90 Å². The van der Waals surface area contributed by atoms with Crippen LogP contribution in [-0.4, -0.2) is 37.6 Å². The second kappa shape index (κ2) is 7.26. The third-order valence-corrected chi connectivity index (χ3v) is 3.05. The Morgan fingerprint density at radius 1 is 1.32 bits per heavy atom. The molecule has 0 aliphatic carbocycles. The number of ether oxygens (including phenoxy) is 1. The molecule has 0 bridgehead atoms. The summed E-state index contributed by atoms with van der Waals surface area (Å²) in [7, 11) is 1.97. The SMILES string of the molecule is CCCN(C)CC(N)(C(=O)OCC)c1ccccc1. The molecule has 0 fully saturated rings. The molecule has 4 nitrogen and oxygen atoms in total. The number of hydrogen-bond donors (Lipinski definition) is 1. The number of likely N-dealkylation sites (N-methyl/N-ethyl adjacent to an activating group) is 1. The van der Waals surface area contributed by atoms with E-state index in [1.807, 2.05) is 37.4 Å². The molecule has 2 N–H and O–H groups in total. The van der Waals surface area contributed by atoms with E-state index in [1.54, 1.807) is 6.92 Å². The molecule has 0 spiro atoms. The van der Waals surface area contributed by atoms with Crippen LogP contribution in [0.2, 0.25) is 0 Å². The average Bonchev–Trinajstić information content (AvgIpc) is 2.40. The third-order valence-electron chi connectivity index (χ3n) is 3.05. The summed E-state index contributed by atoms with van der Waals surface area (Å²) in [6.07, 6.45) is 1.02. The van der Waals surface area contributed by atoms with Gasteiger partial charge in [0.05, 0.1) is 6.61 Å². The molecule has 1 aromatic rings. The van der Waals surface area contributed by atoms with E-state index in [2.05, 4.69) is 11.8 Å². The zero-order chi connectivity index (χ0) is 14.3. The fraction of sp³-hybridized carbons (Fsp3) is 0.533. The number of carbonyl (C=O) groups excluding carboxylic acids is 1. The molecule has 0 amide bonds. The van der Waals surface area contributed by atoms with Crippen molar-refractivity contribution < 1.29 is 9.53 Å². The van der Waals surface area contributed by atoms with Crippen molar-refractivity contribution in [2.24, 2.45) is 5.73 Å². The second-order valence-corrected chi connectivity index (χ2v) is 4.80. The molecule has 0 radical (unpaired) electrons. The number of nitrogens with zero attached hydrogens (tertiary/aromatic N) is 1. The monoisotopic (exact) mass is 264 g/mol. The first-order chi connectivity index (χ1) is 9.04. The first-order valence-electron chi connectivity index (χ1n) is 6.74. The van der Waals surface area contributed by atoms with Crippen LogP contribution in [0, 0.1) is 0 Å². The molecule has 4 heteroatoms. The highest BCUT2D eigenvalue weighted by atomic mass is 16.5. The van der Waals surface area contributed by atoms with Crippen molar-refractivity contribution in [2.75, 3.05) is 26.7 Å². The van der Waals surface area contributed by atoms with Gasteiger partial charge < -0.3 is 15.4 Å². The minimum Gasteiger partial charge on any atom is -0.464 e. The molecule has 0 saturated heterocycles. The van der Waals surface area contributed by atoms with Crippen LogP contribution in [0.15, 0.2) is 30.3 Å². The van der Waals surface area contributed by atoms with Gasteiger partial charge in [-0.1, -0.05) is 37.3 Å². The molecule has 1 rings (SSSR count). The zero-order valence-electron chi connectivity index (χ0n) is 12.1. The van der Waals surface area contributed by atoms with Crippen molar-refractivity contribution in [1.29, 1.82) is 0 Å². The molecule has 0 aromatic heterocycles. The summed E-state index contributed by atoms with van der Waals surface area (Å²) in [5.74, 6) is -0.371. The lowest BCUT2D eigenvalue weighted by Gasteiger charge is -2.31. The first kappa shape index (κ1) is 15.7. The quantitative estimate of drug-likeness (QED) is 0.762. The Labute approximate surface area is 115 Å². The lowest BCUT2D eigenvalue weighted by atomic mass is 9.90. The molecule has 0 aliphatic heterocycles. The van der Waals surface area contributed by atoms with Gasteiger partial charge in [0.25, 0.3) is 0 Å². The van der Waals surface area contributed by atoms with Gasteiger partial charge in [-0.15, -0.1) is 0 Å². The lowest BCUT2D eigenvalue weighted by Crippen LogP contribution is -2.53. The normalized spacial score (nSPS) is 14.2. The van der Waals surface area contributed by atoms with E-state index in [-0.39, 0.29) is 5.97 Å². The van der Waals surface area contributed by atoms with Crippen LogP contribution in [0.5, 0.6) is 0 Å². The largest absolute Gasteiger partial charge is 0.464 e. The summed E-state index contributed by atoms with van der Waals surface area (Å²) >= 11 is 0. The molecular formula is C15H24N2O2. The molecule has 1 atom stereocenters. The van der Waals surface area contributed by atoms with Crippen molar-refractivity contribution in [3.05, 3.63) is 35.9 Å². The Morgan fingerprint density at radius 3 is 2.47 bits per heavy atom. The van der Waals surface area contributed by atoms with Crippen LogP contribution in [-0.2, 0) is 15.1 Å². The van der Waals surface area contributed by atoms with Gasteiger partial charge in [-0.3, -0.25) is 0 Å². The van der Waals surface area contributed by atoms with Gasteiger partial charge >= 0.3 is 5.97 Å². The summed E-state index contributed by atoms with van der Waals surface area (Å²) in [4.78, 5) is 14.3. The topological polar surface area (TPSA) is 55.6 Å². The van der Waals surface area contributed by atoms with E-state index in [0.29, 0.717) is 13.2 Å². The van der Waals surface area contributed by atoms with Crippen molar-refractivity contribution >= 4 is 5.97 Å². The standard InChI is InChI=1S/C15H24N2O2/c1-4-11-17(3)12-15(16,14(18)19-5-2)13-9-7-6-8-10-13/h6-10H,4-5,11-12,16H2,1-3H3. The highest BCUT2D eigenvalue weighted by Gasteiger charge is 2.38. The average molecular weight is 264 g/mol. The molecule has 0 heterocycles. The summed E-state index contributed by atoms with van der Waals surface area (Å²) in [6.45, 7) is 5.57. The third kappa shape index (κ3) is 4.04. The predicted molar refractivity (Wildman–Crippen MR) is 76.7 cm³/mol. The van der Waals surface area contributed by atoms with Crippen LogP contribution in [0.25, 0.3) is 0 Å². The van der Waals surface area contributed by atoms with Crippen LogP contribution >= 0.6 is 0 Å². The maximum atomic E-state index is 12.2. The van der Waals surface area contributed by atoms with Gasteiger partial charge in [0.2, 0.25) is 0 Å². The van der Waals surface area contributed by atoms with Crippen molar-refractivity contribution in [3.63, 3.8) is 0 Å². The van der Waals surface area contributed by atoms with Crippen molar-refractivity contribution in [3.8, 4) is 0 Å². The summed E-state index contributed by atoms with van der Waals surface area (Å²) in [5.41, 5.74) is 6.04. The minimum absolute atomic E-state index is 0.335. The van der Waals surface area contributed by atoms with Gasteiger partial charge in [0, 0.05) is 6.54 Å². The molecule has 106 valence electrons. The number of benzene rings is 1. The first-order valence-corrected chi connectivity index (χ1v) is 6.74. The fourth-order valence-electron chi connectivity index (χ4n) is 2.16. The summed E-state index contributed by atoms with van der Waals surface area (Å²) in [5, 5.41) is 0. The number of nitrogens with two attached hydrogens (primary N) is 1. The molecule has 1 aromatic carbocycles. The molecule has 1 unspecified atom stereocenters. The highest BCUT2D eigenvalue weighted by Crippen LogP contribution is 2.21. The van der Waals surface area contributed by atoms with E-state index in [1.165, 1.54) is 0 Å². The van der Waals surface area contributed by atoms with Gasteiger partial charge in [0.1, 0.15) is 0 Å². The Bertz CT molecular complexity index is 394.